The van der Waals surface area contributed by atoms with Gasteiger partial charge in [-0.15, -0.1) is 0 Å². The van der Waals surface area contributed by atoms with Crippen LogP contribution in [0.4, 0.5) is 13.2 Å². The number of halogens is 4. The van der Waals surface area contributed by atoms with Crippen LogP contribution in [0, 0.1) is 6.92 Å². The predicted octanol–water partition coefficient (Wildman–Crippen LogP) is 5.91. The zero-order chi connectivity index (χ0) is 33.6. The quantitative estimate of drug-likeness (QED) is 0.206. The number of ether oxygens (including phenoxy) is 1. The van der Waals surface area contributed by atoms with Gasteiger partial charge in [0.25, 0.3) is 11.1 Å². The van der Waals surface area contributed by atoms with Crippen LogP contribution in [-0.2, 0) is 22.9 Å². The first-order chi connectivity index (χ1) is 21.7. The van der Waals surface area contributed by atoms with E-state index >= 15 is 0 Å². The fourth-order valence-electron chi connectivity index (χ4n) is 4.33. The van der Waals surface area contributed by atoms with Crippen molar-refractivity contribution < 1.29 is 26.3 Å². The van der Waals surface area contributed by atoms with Crippen molar-refractivity contribution in [2.24, 2.45) is 0 Å². The highest BCUT2D eigenvalue weighted by molar-refractivity contribution is 9.10. The molecular formula is C32H28BrF3N4O5S. The van der Waals surface area contributed by atoms with Crippen LogP contribution in [0.25, 0.3) is 22.3 Å². The van der Waals surface area contributed by atoms with E-state index < -0.39 is 28.1 Å². The Kier molecular flexibility index (Phi) is 10.6. The molecule has 0 radical (unpaired) electrons. The number of hydrogen-bond donors (Lipinski definition) is 0. The molecule has 0 fully saturated rings. The van der Waals surface area contributed by atoms with Gasteiger partial charge < -0.3 is 4.74 Å². The van der Waals surface area contributed by atoms with Crippen molar-refractivity contribution >= 4 is 25.8 Å². The first-order valence-electron chi connectivity index (χ1n) is 13.6. The van der Waals surface area contributed by atoms with Gasteiger partial charge in [-0.05, 0) is 51.7 Å². The van der Waals surface area contributed by atoms with Crippen LogP contribution in [-0.4, -0.2) is 47.5 Å². The summed E-state index contributed by atoms with van der Waals surface area (Å²) in [5.41, 5.74) is 2.17. The molecule has 0 saturated heterocycles. The third-order valence-electron chi connectivity index (χ3n) is 6.65. The van der Waals surface area contributed by atoms with Crippen LogP contribution in [0.3, 0.4) is 0 Å². The first kappa shape index (κ1) is 34.3. The first-order valence-corrected chi connectivity index (χ1v) is 16.2. The highest BCUT2D eigenvalue weighted by Gasteiger charge is 2.30. The molecule has 46 heavy (non-hydrogen) atoms. The molecule has 5 rings (SSSR count). The molecule has 5 aromatic rings. The molecule has 0 saturated carbocycles. The molecule has 3 aromatic carbocycles. The van der Waals surface area contributed by atoms with Gasteiger partial charge >= 0.3 is 6.18 Å². The Hall–Kier alpha value is -4.56. The summed E-state index contributed by atoms with van der Waals surface area (Å²) in [5.74, 6) is 0.444. The number of sulfone groups is 1. The summed E-state index contributed by atoms with van der Waals surface area (Å²) in [6.45, 7) is 0.795. The lowest BCUT2D eigenvalue weighted by molar-refractivity contribution is -0.143. The molecule has 0 aliphatic rings. The number of nitrogens with zero attached hydrogens (tertiary/aromatic N) is 4. The van der Waals surface area contributed by atoms with Crippen LogP contribution in [0.5, 0.6) is 5.75 Å². The number of benzene rings is 3. The average molecular weight is 718 g/mol. The average Bonchev–Trinajstić information content (AvgIpc) is 3.01. The molecule has 2 heterocycles. The number of aromatic nitrogens is 4. The van der Waals surface area contributed by atoms with Crippen LogP contribution < -0.4 is 15.9 Å². The van der Waals surface area contributed by atoms with Crippen molar-refractivity contribution in [1.29, 1.82) is 0 Å². The monoisotopic (exact) mass is 716 g/mol. The standard InChI is InChI=1S/C20H17F3N2O3S.C12H11BrN2O2/c1-13-3-5-15(6-4-13)18-17(11-24-25(19(18)26)12-20(21,22)23)14-7-9-16(10-8-14)29(2,27)28;1-17-10-7-14-15(12(16)11(10)13)8-9-5-3-2-4-6-9/h3-11H,12H2,1-2H3;2-7H,8H2,1H3. The number of alkyl halides is 3. The maximum atomic E-state index is 12.9. The topological polar surface area (TPSA) is 113 Å². The second-order valence-electron chi connectivity index (χ2n) is 10.1. The summed E-state index contributed by atoms with van der Waals surface area (Å²) >= 11 is 3.21. The zero-order valence-corrected chi connectivity index (χ0v) is 27.2. The smallest absolute Gasteiger partial charge is 0.408 e. The highest BCUT2D eigenvalue weighted by Crippen LogP contribution is 2.30. The minimum Gasteiger partial charge on any atom is -0.494 e. The molecule has 9 nitrogen and oxygen atoms in total. The summed E-state index contributed by atoms with van der Waals surface area (Å²) in [7, 11) is -1.91. The summed E-state index contributed by atoms with van der Waals surface area (Å²) in [5, 5.41) is 7.74. The third kappa shape index (κ3) is 8.57. The zero-order valence-electron chi connectivity index (χ0n) is 24.8. The third-order valence-corrected chi connectivity index (χ3v) is 8.51. The Morgan fingerprint density at radius 2 is 1.41 bits per heavy atom. The van der Waals surface area contributed by atoms with Crippen LogP contribution in [0.2, 0.25) is 0 Å². The minimum atomic E-state index is -4.60. The number of hydrogen-bond acceptors (Lipinski definition) is 7. The van der Waals surface area contributed by atoms with Gasteiger partial charge in [0.1, 0.15) is 11.0 Å². The molecule has 0 atom stereocenters. The van der Waals surface area contributed by atoms with Gasteiger partial charge in [0.2, 0.25) is 0 Å². The van der Waals surface area contributed by atoms with Crippen molar-refractivity contribution in [2.45, 2.75) is 31.1 Å². The Bertz CT molecular complexity index is 2050. The molecule has 0 amide bonds. The Balaban J connectivity index is 0.000000240. The molecule has 0 aliphatic heterocycles. The van der Waals surface area contributed by atoms with E-state index in [0.717, 1.165) is 17.4 Å². The molecule has 0 spiro atoms. The molecule has 0 bridgehead atoms. The van der Waals surface area contributed by atoms with Crippen LogP contribution in [0.1, 0.15) is 11.1 Å². The Labute approximate surface area is 271 Å². The van der Waals surface area contributed by atoms with E-state index in [-0.39, 0.29) is 16.0 Å². The van der Waals surface area contributed by atoms with E-state index in [1.807, 2.05) is 37.3 Å². The molecular weight excluding hydrogens is 689 g/mol. The van der Waals surface area contributed by atoms with Crippen molar-refractivity contribution in [3.05, 3.63) is 128 Å². The van der Waals surface area contributed by atoms with E-state index in [4.69, 9.17) is 4.74 Å². The van der Waals surface area contributed by atoms with Gasteiger partial charge in [0.05, 0.1) is 36.5 Å². The molecule has 14 heteroatoms. The predicted molar refractivity (Wildman–Crippen MR) is 172 cm³/mol. The lowest BCUT2D eigenvalue weighted by atomic mass is 9.97. The van der Waals surface area contributed by atoms with Crippen molar-refractivity contribution in [2.75, 3.05) is 13.4 Å². The van der Waals surface area contributed by atoms with E-state index in [2.05, 4.69) is 26.1 Å². The van der Waals surface area contributed by atoms with Gasteiger partial charge in [-0.1, -0.05) is 72.3 Å². The fourth-order valence-corrected chi connectivity index (χ4v) is 5.43. The van der Waals surface area contributed by atoms with E-state index in [1.165, 1.54) is 48.5 Å². The van der Waals surface area contributed by atoms with Gasteiger partial charge in [0, 0.05) is 11.8 Å². The maximum Gasteiger partial charge on any atom is 0.408 e. The van der Waals surface area contributed by atoms with Gasteiger partial charge in [-0.3, -0.25) is 9.59 Å². The van der Waals surface area contributed by atoms with Crippen molar-refractivity contribution in [1.82, 2.24) is 19.6 Å². The largest absolute Gasteiger partial charge is 0.494 e. The second-order valence-corrected chi connectivity index (χ2v) is 13.0. The Morgan fingerprint density at radius 1 is 0.826 bits per heavy atom. The van der Waals surface area contributed by atoms with Gasteiger partial charge in [0.15, 0.2) is 15.6 Å². The van der Waals surface area contributed by atoms with Crippen LogP contribution in [0.15, 0.2) is 110 Å². The van der Waals surface area contributed by atoms with Gasteiger partial charge in [-0.25, -0.2) is 17.8 Å². The SMILES string of the molecule is COc1cnn(Cc2ccccc2)c(=O)c1Br.Cc1ccc(-c2c(-c3ccc(S(C)(=O)=O)cc3)cnn(CC(F)(F)F)c2=O)cc1. The number of methoxy groups -OCH3 is 1. The summed E-state index contributed by atoms with van der Waals surface area (Å²) in [6, 6.07) is 22.3. The van der Waals surface area contributed by atoms with E-state index in [1.54, 1.807) is 24.3 Å². The number of rotatable bonds is 7. The minimum absolute atomic E-state index is 0.0661. The number of aryl methyl sites for hydroxylation is 1. The molecule has 0 N–H and O–H groups in total. The van der Waals surface area contributed by atoms with Crippen molar-refractivity contribution in [3.8, 4) is 28.0 Å². The Morgan fingerprint density at radius 3 is 1.98 bits per heavy atom. The fraction of sp³-hybridized carbons (Fsp3) is 0.188. The molecule has 0 aliphatic carbocycles. The second kappa shape index (κ2) is 14.3. The normalized spacial score (nSPS) is 11.5. The lowest BCUT2D eigenvalue weighted by Gasteiger charge is -2.14. The lowest BCUT2D eigenvalue weighted by Crippen LogP contribution is -2.31. The summed E-state index contributed by atoms with van der Waals surface area (Å²) < 4.78 is 69.0. The van der Waals surface area contributed by atoms with E-state index in [9.17, 15) is 31.2 Å². The molecule has 0 unspecified atom stereocenters. The van der Waals surface area contributed by atoms with Crippen LogP contribution >= 0.6 is 15.9 Å². The van der Waals surface area contributed by atoms with E-state index in [0.29, 0.717) is 38.1 Å². The van der Waals surface area contributed by atoms with Gasteiger partial charge in [-0.2, -0.15) is 23.4 Å². The highest BCUT2D eigenvalue weighted by atomic mass is 79.9. The molecule has 2 aromatic heterocycles. The van der Waals surface area contributed by atoms with Crippen molar-refractivity contribution in [3.63, 3.8) is 0 Å². The maximum absolute atomic E-state index is 12.9. The molecule has 240 valence electrons. The summed E-state index contributed by atoms with van der Waals surface area (Å²) in [4.78, 5) is 24.9. The summed E-state index contributed by atoms with van der Waals surface area (Å²) in [6.07, 6.45) is -0.814.